The zero-order valence-electron chi connectivity index (χ0n) is 48.1. The van der Waals surface area contributed by atoms with Crippen molar-refractivity contribution in [2.75, 3.05) is 72.6 Å². The number of hydrogen-bond acceptors (Lipinski definition) is 15. The molecule has 3 aromatic carbocycles. The summed E-state index contributed by atoms with van der Waals surface area (Å²) in [7, 11) is 0. The van der Waals surface area contributed by atoms with E-state index in [1.807, 2.05) is 64.4 Å². The molecule has 20 heteroatoms. The van der Waals surface area contributed by atoms with E-state index in [4.69, 9.17) is 28.7 Å². The monoisotopic (exact) mass is 1150 g/mol. The maximum absolute atomic E-state index is 14.0. The number of ether oxygens (including phenoxy) is 5. The number of aromatic nitrogens is 3. The summed E-state index contributed by atoms with van der Waals surface area (Å²) in [5, 5.41) is 29.8. The fraction of sp³-hybridized carbons (Fsp3) is 0.532. The van der Waals surface area contributed by atoms with Gasteiger partial charge < -0.3 is 59.3 Å². The second kappa shape index (κ2) is 29.7. The molecule has 19 nitrogen and oxygen atoms in total. The Morgan fingerprint density at radius 1 is 0.841 bits per heavy atom. The lowest BCUT2D eigenvalue weighted by atomic mass is 9.76. The number of aryl methyl sites for hydroxylation is 4. The lowest BCUT2D eigenvalue weighted by molar-refractivity contribution is -0.146. The Bertz CT molecular complexity index is 2950. The molecule has 3 aliphatic rings. The van der Waals surface area contributed by atoms with Crippen LogP contribution in [0.3, 0.4) is 0 Å². The second-order valence-electron chi connectivity index (χ2n) is 22.5. The van der Waals surface area contributed by atoms with Crippen LogP contribution in [-0.4, -0.2) is 144 Å². The molecule has 442 valence electrons. The van der Waals surface area contributed by atoms with Crippen LogP contribution in [0, 0.1) is 25.2 Å². The number of ketones is 1. The first-order chi connectivity index (χ1) is 39.6. The van der Waals surface area contributed by atoms with Gasteiger partial charge in [0.2, 0.25) is 17.7 Å². The number of carbonyl (C=O) groups is 5. The lowest BCUT2D eigenvalue weighted by Gasteiger charge is -2.34. The summed E-state index contributed by atoms with van der Waals surface area (Å²) in [5.74, 6) is -0.242. The van der Waals surface area contributed by atoms with E-state index >= 15 is 0 Å². The van der Waals surface area contributed by atoms with Crippen LogP contribution in [0.1, 0.15) is 121 Å². The predicted molar refractivity (Wildman–Crippen MR) is 310 cm³/mol. The van der Waals surface area contributed by atoms with Gasteiger partial charge in [0.15, 0.2) is 0 Å². The molecule has 0 radical (unpaired) electrons. The molecule has 0 saturated carbocycles. The van der Waals surface area contributed by atoms with Crippen LogP contribution >= 0.6 is 11.3 Å². The summed E-state index contributed by atoms with van der Waals surface area (Å²) in [4.78, 5) is 78.5. The quantitative estimate of drug-likeness (QED) is 0.0288. The van der Waals surface area contributed by atoms with Crippen molar-refractivity contribution in [2.45, 2.75) is 130 Å². The predicted octanol–water partition coefficient (Wildman–Crippen LogP) is 6.78. The number of amides is 4. The van der Waals surface area contributed by atoms with Gasteiger partial charge in [0.05, 0.1) is 100.0 Å². The summed E-state index contributed by atoms with van der Waals surface area (Å²) in [6.45, 7) is 13.6. The largest absolute Gasteiger partial charge is 0.493 e. The molecule has 1 saturated heterocycles. The number of carbonyl (C=O) groups excluding carboxylic acids is 5. The number of benzene rings is 3. The standard InChI is InChI=1S/C62H81N7O12S/c1-40-47(38-70)30-46(59(74)67-52-16-15-43-13-14-45(31-50(43)52)53-37-68-20-6-8-56(68)66-53)32-55(40)81-21-7-19-63-57(73)18-23-78-25-27-80-29-28-79-26-24-77-22-17-48(71)33-51(62(3,4)5)61(76)69-36-49(72)34-54(69)60(75)64-35-42-9-11-44(12-10-42)58-41(2)65-39-82-58/h9-14,30-32,37,39,49,51-52,54,70,72H,6-8,15-29,33-36,38H2,1-5H3,(H,63,73)(H,64,75)(H,67,74)/t49-,51-,52-,54+/m1/s1. The molecule has 0 spiro atoms. The van der Waals surface area contributed by atoms with E-state index < -0.39 is 23.5 Å². The Labute approximate surface area is 484 Å². The number of Topliss-reactive ketones (excluding diaryl/α,β-unsaturated/α-hetero) is 1. The third-order valence-electron chi connectivity index (χ3n) is 15.5. The van der Waals surface area contributed by atoms with Crippen LogP contribution in [-0.2, 0) is 70.7 Å². The number of thiazole rings is 1. The van der Waals surface area contributed by atoms with Gasteiger partial charge in [0, 0.05) is 81.5 Å². The average Bonchev–Trinajstić information content (AvgIpc) is 4.29. The van der Waals surface area contributed by atoms with E-state index in [1.165, 1.54) is 10.5 Å². The van der Waals surface area contributed by atoms with Crippen LogP contribution < -0.4 is 20.7 Å². The molecule has 1 fully saturated rings. The molecular formula is C62H81N7O12S. The van der Waals surface area contributed by atoms with E-state index in [1.54, 1.807) is 23.5 Å². The van der Waals surface area contributed by atoms with Crippen molar-refractivity contribution in [2.24, 2.45) is 11.3 Å². The fourth-order valence-corrected chi connectivity index (χ4v) is 11.5. The van der Waals surface area contributed by atoms with Crippen LogP contribution in [0.15, 0.2) is 66.3 Å². The zero-order chi connectivity index (χ0) is 58.2. The maximum atomic E-state index is 14.0. The minimum Gasteiger partial charge on any atom is -0.493 e. The highest BCUT2D eigenvalue weighted by atomic mass is 32.1. The molecule has 4 amide bonds. The topological polar surface area (TPSA) is 242 Å². The summed E-state index contributed by atoms with van der Waals surface area (Å²) >= 11 is 1.57. The molecule has 82 heavy (non-hydrogen) atoms. The Morgan fingerprint density at radius 2 is 1.55 bits per heavy atom. The minimum atomic E-state index is -0.847. The summed E-state index contributed by atoms with van der Waals surface area (Å²) < 4.78 is 30.7. The van der Waals surface area contributed by atoms with E-state index in [0.717, 1.165) is 82.1 Å². The first-order valence-corrected chi connectivity index (χ1v) is 29.7. The number of fused-ring (bicyclic) bond motifs is 2. The number of β-amino-alcohol motifs (C(OH)–C–C–N with tert-alkyl or cyclic N) is 1. The molecule has 0 unspecified atom stereocenters. The number of aliphatic hydroxyl groups is 2. The molecule has 5 N–H and O–H groups in total. The van der Waals surface area contributed by atoms with Crippen molar-refractivity contribution < 1.29 is 57.9 Å². The van der Waals surface area contributed by atoms with Gasteiger partial charge in [-0.3, -0.25) is 24.0 Å². The number of rotatable bonds is 31. The van der Waals surface area contributed by atoms with Crippen LogP contribution in [0.25, 0.3) is 21.7 Å². The van der Waals surface area contributed by atoms with Crippen molar-refractivity contribution in [1.29, 1.82) is 0 Å². The molecule has 0 bridgehead atoms. The molecule has 1 aliphatic carbocycles. The molecule has 4 heterocycles. The van der Waals surface area contributed by atoms with Gasteiger partial charge in [-0.2, -0.15) is 0 Å². The van der Waals surface area contributed by atoms with Crippen LogP contribution in [0.4, 0.5) is 0 Å². The average molecular weight is 1150 g/mol. The first-order valence-electron chi connectivity index (χ1n) is 28.8. The number of nitrogens with one attached hydrogen (secondary N) is 3. The molecule has 5 aromatic rings. The normalized spacial score (nSPS) is 16.9. The SMILES string of the molecule is Cc1ncsc1-c1ccc(CNC(=O)[C@@H]2C[C@@H](O)CN2C(=O)[C@@H](CC(=O)CCOCCOCCOCCOCCC(=O)NCCCOc2cc(C(=O)N[C@@H]3CCc4ccc(-c5cn6c(n5)CCC6)cc43)cc(CO)c2C)C(C)(C)C)cc1. The summed E-state index contributed by atoms with van der Waals surface area (Å²) in [6.07, 6.45) is 6.02. The van der Waals surface area contributed by atoms with Crippen molar-refractivity contribution in [3.63, 3.8) is 0 Å². The van der Waals surface area contributed by atoms with Gasteiger partial charge in [-0.1, -0.05) is 57.2 Å². The van der Waals surface area contributed by atoms with Crippen molar-refractivity contribution in [3.05, 3.63) is 111 Å². The molecule has 2 aliphatic heterocycles. The summed E-state index contributed by atoms with van der Waals surface area (Å²) in [6, 6.07) is 16.7. The Balaban J connectivity index is 0.631. The van der Waals surface area contributed by atoms with Gasteiger partial charge in [-0.15, -0.1) is 11.3 Å². The van der Waals surface area contributed by atoms with Crippen LogP contribution in [0.2, 0.25) is 0 Å². The lowest BCUT2D eigenvalue weighted by Crippen LogP contribution is -2.50. The number of hydrogen-bond donors (Lipinski definition) is 5. The van der Waals surface area contributed by atoms with Crippen molar-refractivity contribution in [3.8, 4) is 27.4 Å². The van der Waals surface area contributed by atoms with E-state index in [9.17, 15) is 34.2 Å². The van der Waals surface area contributed by atoms with Gasteiger partial charge in [0.1, 0.15) is 23.4 Å². The van der Waals surface area contributed by atoms with Gasteiger partial charge >= 0.3 is 0 Å². The highest BCUT2D eigenvalue weighted by molar-refractivity contribution is 7.13. The van der Waals surface area contributed by atoms with E-state index in [0.29, 0.717) is 69.5 Å². The van der Waals surface area contributed by atoms with Crippen LogP contribution in [0.5, 0.6) is 5.75 Å². The molecular weight excluding hydrogens is 1070 g/mol. The van der Waals surface area contributed by atoms with Crippen molar-refractivity contribution in [1.82, 2.24) is 35.4 Å². The van der Waals surface area contributed by atoms with E-state index in [2.05, 4.69) is 49.9 Å². The molecule has 8 rings (SSSR count). The number of imidazole rings is 1. The highest BCUT2D eigenvalue weighted by Gasteiger charge is 2.44. The summed E-state index contributed by atoms with van der Waals surface area (Å²) in [5.41, 5.74) is 10.3. The minimum absolute atomic E-state index is 0.0107. The third kappa shape index (κ3) is 16.9. The zero-order valence-corrected chi connectivity index (χ0v) is 48.9. The Hall–Kier alpha value is -6.39. The number of aliphatic hydroxyl groups excluding tert-OH is 2. The Kier molecular flexibility index (Phi) is 22.4. The first kappa shape index (κ1) is 61.7. The highest BCUT2D eigenvalue weighted by Crippen LogP contribution is 2.37. The number of nitrogens with zero attached hydrogens (tertiary/aromatic N) is 4. The third-order valence-corrected chi connectivity index (χ3v) is 16.4. The smallest absolute Gasteiger partial charge is 0.251 e. The van der Waals surface area contributed by atoms with Gasteiger partial charge in [0.25, 0.3) is 5.91 Å². The molecule has 2 aromatic heterocycles. The van der Waals surface area contributed by atoms with Crippen molar-refractivity contribution >= 4 is 40.7 Å². The van der Waals surface area contributed by atoms with Gasteiger partial charge in [-0.05, 0) is 96.5 Å². The molecule has 4 atom stereocenters. The maximum Gasteiger partial charge on any atom is 0.251 e. The second-order valence-corrected chi connectivity index (χ2v) is 23.3. The Morgan fingerprint density at radius 3 is 2.23 bits per heavy atom. The van der Waals surface area contributed by atoms with E-state index in [-0.39, 0.29) is 101 Å². The number of likely N-dealkylation sites (tertiary alicyclic amines) is 1. The van der Waals surface area contributed by atoms with Gasteiger partial charge in [-0.25, -0.2) is 9.97 Å². The fourth-order valence-electron chi connectivity index (χ4n) is 10.7.